The number of nitrogens with two attached hydrogens (primary N) is 1. The van der Waals surface area contributed by atoms with Gasteiger partial charge in [-0.25, -0.2) is 23.1 Å². The number of fused-ring (bicyclic) bond motifs is 3. The first-order valence-corrected chi connectivity index (χ1v) is 12.8. The molecule has 4 aromatic rings. The summed E-state index contributed by atoms with van der Waals surface area (Å²) in [4.78, 5) is 8.58. The smallest absolute Gasteiger partial charge is 0.240 e. The topological polar surface area (TPSA) is 131 Å². The Morgan fingerprint density at radius 1 is 1.06 bits per heavy atom. The lowest BCUT2D eigenvalue weighted by Gasteiger charge is -2.25. The van der Waals surface area contributed by atoms with Crippen molar-refractivity contribution in [1.82, 2.24) is 19.3 Å². The number of benzene rings is 2. The third-order valence-electron chi connectivity index (χ3n) is 6.45. The minimum Gasteiger partial charge on any atom is -0.383 e. The molecule has 2 aromatic heterocycles. The van der Waals surface area contributed by atoms with Gasteiger partial charge in [0.25, 0.3) is 0 Å². The second kappa shape index (κ2) is 7.97. The summed E-state index contributed by atoms with van der Waals surface area (Å²) in [5.41, 5.74) is 6.60. The van der Waals surface area contributed by atoms with Gasteiger partial charge in [0.2, 0.25) is 10.0 Å². The van der Waals surface area contributed by atoms with Crippen molar-refractivity contribution in [2.45, 2.75) is 49.1 Å². The van der Waals surface area contributed by atoms with Crippen LogP contribution >= 0.6 is 0 Å². The normalized spacial score (nSPS) is 25.9. The molecule has 2 fully saturated rings. The summed E-state index contributed by atoms with van der Waals surface area (Å²) in [7, 11) is -3.78. The molecule has 2 aliphatic heterocycles. The number of aromatic nitrogens is 3. The summed E-state index contributed by atoms with van der Waals surface area (Å²) in [5, 5.41) is 2.52. The Morgan fingerprint density at radius 2 is 1.83 bits per heavy atom. The lowest BCUT2D eigenvalue weighted by atomic mass is 10.1. The van der Waals surface area contributed by atoms with Crippen LogP contribution < -0.4 is 10.5 Å². The number of hydrogen-bond acceptors (Lipinski definition) is 8. The van der Waals surface area contributed by atoms with E-state index in [1.54, 1.807) is 18.2 Å². The van der Waals surface area contributed by atoms with Gasteiger partial charge in [-0.05, 0) is 42.8 Å². The number of nitrogen functional groups attached to an aromatic ring is 1. The molecule has 4 heterocycles. The molecule has 3 N–H and O–H groups in total. The van der Waals surface area contributed by atoms with Crippen molar-refractivity contribution in [3.63, 3.8) is 0 Å². The second-order valence-corrected chi connectivity index (χ2v) is 11.0. The first-order valence-electron chi connectivity index (χ1n) is 11.3. The van der Waals surface area contributed by atoms with E-state index in [9.17, 15) is 8.42 Å². The van der Waals surface area contributed by atoms with Crippen LogP contribution in [-0.2, 0) is 24.2 Å². The van der Waals surface area contributed by atoms with Crippen LogP contribution in [0.5, 0.6) is 0 Å². The van der Waals surface area contributed by atoms with E-state index < -0.39 is 40.4 Å². The number of hydrogen-bond donors (Lipinski definition) is 2. The average Bonchev–Trinajstić information content (AvgIpc) is 3.49. The minimum atomic E-state index is -3.78. The summed E-state index contributed by atoms with van der Waals surface area (Å²) in [6.07, 6.45) is 1.10. The number of sulfonamides is 1. The van der Waals surface area contributed by atoms with Gasteiger partial charge in [0, 0.05) is 12.7 Å². The first-order chi connectivity index (χ1) is 16.7. The minimum absolute atomic E-state index is 0.0165. The van der Waals surface area contributed by atoms with E-state index in [2.05, 4.69) is 14.7 Å². The Morgan fingerprint density at radius 3 is 2.66 bits per heavy atom. The molecule has 0 spiro atoms. The molecule has 0 radical (unpaired) electrons. The average molecular weight is 496 g/mol. The molecule has 2 aromatic carbocycles. The molecule has 10 nitrogen and oxygen atoms in total. The highest BCUT2D eigenvalue weighted by Crippen LogP contribution is 2.44. The zero-order chi connectivity index (χ0) is 24.4. The van der Waals surface area contributed by atoms with E-state index in [0.29, 0.717) is 16.9 Å². The molecular weight excluding hydrogens is 470 g/mol. The Balaban J connectivity index is 1.27. The Kier molecular flexibility index (Phi) is 5.09. The van der Waals surface area contributed by atoms with Gasteiger partial charge in [-0.3, -0.25) is 0 Å². The number of ether oxygens (including phenoxy) is 3. The van der Waals surface area contributed by atoms with Crippen LogP contribution in [0.4, 0.5) is 5.82 Å². The van der Waals surface area contributed by atoms with Gasteiger partial charge >= 0.3 is 0 Å². The Bertz CT molecular complexity index is 1540. The monoisotopic (exact) mass is 495 g/mol. The predicted molar refractivity (Wildman–Crippen MR) is 129 cm³/mol. The zero-order valence-electron chi connectivity index (χ0n) is 19.2. The molecule has 182 valence electrons. The summed E-state index contributed by atoms with van der Waals surface area (Å²) < 4.78 is 49.3. The van der Waals surface area contributed by atoms with Crippen molar-refractivity contribution < 1.29 is 22.6 Å². The van der Waals surface area contributed by atoms with Gasteiger partial charge in [-0.1, -0.05) is 30.3 Å². The SMILES string of the molecule is CC1(C)O[C@@H]2[C@H](O1)[C@@H](CNS(=O)(=O)c1ccc3ccccc3c1)O[C@H]2n1ccc2c(N)ncnc21. The third kappa shape index (κ3) is 3.85. The molecule has 2 aliphatic rings. The molecule has 0 amide bonds. The summed E-state index contributed by atoms with van der Waals surface area (Å²) in [6, 6.07) is 14.5. The fraction of sp³-hybridized carbons (Fsp3) is 0.333. The maximum Gasteiger partial charge on any atom is 0.240 e. The molecule has 35 heavy (non-hydrogen) atoms. The van der Waals surface area contributed by atoms with Crippen molar-refractivity contribution in [3.8, 4) is 0 Å². The van der Waals surface area contributed by atoms with Gasteiger partial charge in [-0.15, -0.1) is 0 Å². The van der Waals surface area contributed by atoms with Crippen molar-refractivity contribution in [3.05, 3.63) is 61.1 Å². The van der Waals surface area contributed by atoms with Crippen LogP contribution in [-0.4, -0.2) is 53.6 Å². The van der Waals surface area contributed by atoms with E-state index in [1.165, 1.54) is 6.33 Å². The molecule has 0 bridgehead atoms. The van der Waals surface area contributed by atoms with E-state index in [1.807, 2.05) is 54.9 Å². The fourth-order valence-electron chi connectivity index (χ4n) is 4.85. The highest BCUT2D eigenvalue weighted by atomic mass is 32.2. The second-order valence-electron chi connectivity index (χ2n) is 9.21. The highest BCUT2D eigenvalue weighted by molar-refractivity contribution is 7.89. The van der Waals surface area contributed by atoms with Gasteiger partial charge in [0.15, 0.2) is 12.0 Å². The largest absolute Gasteiger partial charge is 0.383 e. The number of rotatable bonds is 5. The van der Waals surface area contributed by atoms with Crippen molar-refractivity contribution in [2.75, 3.05) is 12.3 Å². The van der Waals surface area contributed by atoms with E-state index in [0.717, 1.165) is 10.8 Å². The van der Waals surface area contributed by atoms with E-state index in [4.69, 9.17) is 19.9 Å². The number of nitrogens with zero attached hydrogens (tertiary/aromatic N) is 3. The molecular formula is C24H25N5O5S. The summed E-state index contributed by atoms with van der Waals surface area (Å²) in [6.45, 7) is 3.67. The lowest BCUT2D eigenvalue weighted by Crippen LogP contribution is -2.39. The molecule has 11 heteroatoms. The molecule has 0 saturated carbocycles. The van der Waals surface area contributed by atoms with Gasteiger partial charge in [-0.2, -0.15) is 0 Å². The highest BCUT2D eigenvalue weighted by Gasteiger charge is 2.56. The maximum atomic E-state index is 13.1. The molecule has 0 aliphatic carbocycles. The Labute approximate surface area is 202 Å². The fourth-order valence-corrected chi connectivity index (χ4v) is 5.93. The van der Waals surface area contributed by atoms with Crippen molar-refractivity contribution in [1.29, 1.82) is 0 Å². The van der Waals surface area contributed by atoms with Crippen LogP contribution in [0.1, 0.15) is 20.1 Å². The van der Waals surface area contributed by atoms with Gasteiger partial charge in [0.05, 0.1) is 10.3 Å². The summed E-state index contributed by atoms with van der Waals surface area (Å²) >= 11 is 0. The van der Waals surface area contributed by atoms with E-state index >= 15 is 0 Å². The number of nitrogens with one attached hydrogen (secondary N) is 1. The van der Waals surface area contributed by atoms with Crippen molar-refractivity contribution in [2.24, 2.45) is 0 Å². The molecule has 2 saturated heterocycles. The molecule has 4 atom stereocenters. The summed E-state index contributed by atoms with van der Waals surface area (Å²) in [5.74, 6) is -0.476. The van der Waals surface area contributed by atoms with Crippen LogP contribution in [0.2, 0.25) is 0 Å². The quantitative estimate of drug-likeness (QED) is 0.432. The maximum absolute atomic E-state index is 13.1. The number of anilines is 1. The van der Waals surface area contributed by atoms with Crippen molar-refractivity contribution >= 4 is 37.6 Å². The van der Waals surface area contributed by atoms with Crippen LogP contribution in [0.3, 0.4) is 0 Å². The zero-order valence-corrected chi connectivity index (χ0v) is 20.0. The van der Waals surface area contributed by atoms with E-state index in [-0.39, 0.29) is 11.4 Å². The predicted octanol–water partition coefficient (Wildman–Crippen LogP) is 2.56. The standard InChI is InChI=1S/C24H25N5O5S/c1-24(2)33-19-18(12-28-35(30,31)16-8-7-14-5-3-4-6-15(14)11-16)32-23(20(19)34-24)29-10-9-17-21(25)26-13-27-22(17)29/h3-11,13,18-20,23,28H,12H2,1-2H3,(H2,25,26,27)/t18-,19-,20-,23-/m1/s1. The van der Waals surface area contributed by atoms with Crippen LogP contribution in [0, 0.1) is 0 Å². The third-order valence-corrected chi connectivity index (χ3v) is 7.87. The van der Waals surface area contributed by atoms with Crippen LogP contribution in [0.15, 0.2) is 66.0 Å². The Hall–Kier alpha value is -3.09. The lowest BCUT2D eigenvalue weighted by molar-refractivity contribution is -0.195. The van der Waals surface area contributed by atoms with Gasteiger partial charge < -0.3 is 24.5 Å². The van der Waals surface area contributed by atoms with Crippen LogP contribution in [0.25, 0.3) is 21.8 Å². The molecule has 0 unspecified atom stereocenters. The first kappa shape index (κ1) is 22.4. The van der Waals surface area contributed by atoms with Gasteiger partial charge in [0.1, 0.15) is 36.1 Å². The molecule has 6 rings (SSSR count).